The van der Waals surface area contributed by atoms with Crippen LogP contribution in [0.4, 0.5) is 4.39 Å². The van der Waals surface area contributed by atoms with Crippen LogP contribution < -0.4 is 5.73 Å². The van der Waals surface area contributed by atoms with Crippen LogP contribution in [0.15, 0.2) is 0 Å². The number of likely N-dealkylation sites (tertiary alicyclic amines) is 1. The van der Waals surface area contributed by atoms with Gasteiger partial charge in [0.05, 0.1) is 6.54 Å². The zero-order valence-electron chi connectivity index (χ0n) is 8.29. The molecule has 2 fully saturated rings. The Morgan fingerprint density at radius 1 is 1.36 bits per heavy atom. The van der Waals surface area contributed by atoms with E-state index in [1.54, 1.807) is 4.90 Å². The zero-order chi connectivity index (χ0) is 10.1. The van der Waals surface area contributed by atoms with Crippen LogP contribution in [0, 0.1) is 5.92 Å². The van der Waals surface area contributed by atoms with E-state index in [4.69, 9.17) is 5.73 Å². The highest BCUT2D eigenvalue weighted by Gasteiger charge is 2.34. The standard InChI is InChI=1S/C10H17FN2O/c11-8-3-4-13(6-8)10(14)7-1-2-9(12)5-7/h7-9H,1-6,12H2. The second-order valence-corrected chi connectivity index (χ2v) is 4.44. The van der Waals surface area contributed by atoms with Crippen molar-refractivity contribution < 1.29 is 9.18 Å². The monoisotopic (exact) mass is 200 g/mol. The highest BCUT2D eigenvalue weighted by Crippen LogP contribution is 2.27. The number of rotatable bonds is 1. The van der Waals surface area contributed by atoms with E-state index >= 15 is 0 Å². The number of hydrogen-bond acceptors (Lipinski definition) is 2. The summed E-state index contributed by atoms with van der Waals surface area (Å²) >= 11 is 0. The molecule has 2 aliphatic rings. The largest absolute Gasteiger partial charge is 0.339 e. The number of amides is 1. The highest BCUT2D eigenvalue weighted by molar-refractivity contribution is 5.79. The van der Waals surface area contributed by atoms with Gasteiger partial charge in [-0.1, -0.05) is 0 Å². The van der Waals surface area contributed by atoms with Crippen molar-refractivity contribution in [3.63, 3.8) is 0 Å². The predicted octanol–water partition coefficient (Wildman–Crippen LogP) is 0.684. The normalized spacial score (nSPS) is 37.9. The number of nitrogens with two attached hydrogens (primary N) is 1. The molecule has 0 bridgehead atoms. The smallest absolute Gasteiger partial charge is 0.225 e. The zero-order valence-corrected chi connectivity index (χ0v) is 8.29. The Kier molecular flexibility index (Phi) is 2.72. The Bertz CT molecular complexity index is 212. The van der Waals surface area contributed by atoms with Gasteiger partial charge in [-0.3, -0.25) is 4.79 Å². The first kappa shape index (κ1) is 9.90. The average Bonchev–Trinajstić information content (AvgIpc) is 2.73. The number of hydrogen-bond donors (Lipinski definition) is 1. The lowest BCUT2D eigenvalue weighted by atomic mass is 10.1. The number of alkyl halides is 1. The van der Waals surface area contributed by atoms with Gasteiger partial charge in [0.2, 0.25) is 5.91 Å². The van der Waals surface area contributed by atoms with Crippen LogP contribution in [0.25, 0.3) is 0 Å². The van der Waals surface area contributed by atoms with E-state index in [-0.39, 0.29) is 17.9 Å². The number of carbonyl (C=O) groups excluding carboxylic acids is 1. The van der Waals surface area contributed by atoms with Gasteiger partial charge in [0.25, 0.3) is 0 Å². The van der Waals surface area contributed by atoms with E-state index < -0.39 is 6.17 Å². The molecular formula is C10H17FN2O. The van der Waals surface area contributed by atoms with E-state index in [1.165, 1.54) is 0 Å². The summed E-state index contributed by atoms with van der Waals surface area (Å²) in [5.41, 5.74) is 5.74. The number of nitrogens with zero attached hydrogens (tertiary/aromatic N) is 1. The summed E-state index contributed by atoms with van der Waals surface area (Å²) in [6, 6.07) is 0.174. The van der Waals surface area contributed by atoms with Gasteiger partial charge >= 0.3 is 0 Å². The Morgan fingerprint density at radius 2 is 2.14 bits per heavy atom. The van der Waals surface area contributed by atoms with Crippen molar-refractivity contribution >= 4 is 5.91 Å². The van der Waals surface area contributed by atoms with Crippen molar-refractivity contribution in [1.29, 1.82) is 0 Å². The van der Waals surface area contributed by atoms with Crippen LogP contribution in [0.5, 0.6) is 0 Å². The molecule has 1 amide bonds. The summed E-state index contributed by atoms with van der Waals surface area (Å²) in [7, 11) is 0. The summed E-state index contributed by atoms with van der Waals surface area (Å²) in [5, 5.41) is 0. The van der Waals surface area contributed by atoms with Crippen LogP contribution in [-0.4, -0.2) is 36.1 Å². The molecule has 14 heavy (non-hydrogen) atoms. The molecule has 3 unspecified atom stereocenters. The molecular weight excluding hydrogens is 183 g/mol. The summed E-state index contributed by atoms with van der Waals surface area (Å²) in [6.07, 6.45) is 2.29. The maximum absolute atomic E-state index is 12.9. The molecule has 3 atom stereocenters. The number of halogens is 1. The maximum Gasteiger partial charge on any atom is 0.225 e. The molecule has 2 rings (SSSR count). The van der Waals surface area contributed by atoms with Gasteiger partial charge in [-0.25, -0.2) is 4.39 Å². The first-order valence-electron chi connectivity index (χ1n) is 5.35. The topological polar surface area (TPSA) is 46.3 Å². The van der Waals surface area contributed by atoms with Gasteiger partial charge in [-0.2, -0.15) is 0 Å². The minimum atomic E-state index is -0.811. The van der Waals surface area contributed by atoms with E-state index in [0.29, 0.717) is 19.5 Å². The maximum atomic E-state index is 12.9. The summed E-state index contributed by atoms with van der Waals surface area (Å²) in [6.45, 7) is 0.885. The van der Waals surface area contributed by atoms with Crippen LogP contribution in [0.2, 0.25) is 0 Å². The van der Waals surface area contributed by atoms with Gasteiger partial charge in [0.15, 0.2) is 0 Å². The minimum absolute atomic E-state index is 0.0651. The van der Waals surface area contributed by atoms with Gasteiger partial charge in [-0.05, 0) is 25.7 Å². The Labute approximate surface area is 83.4 Å². The molecule has 4 heteroatoms. The van der Waals surface area contributed by atoms with E-state index in [1.807, 2.05) is 0 Å². The van der Waals surface area contributed by atoms with E-state index in [9.17, 15) is 9.18 Å². The van der Waals surface area contributed by atoms with Crippen molar-refractivity contribution in [2.75, 3.05) is 13.1 Å². The molecule has 80 valence electrons. The Hall–Kier alpha value is -0.640. The summed E-state index contributed by atoms with van der Waals surface area (Å²) in [4.78, 5) is 13.5. The molecule has 1 saturated carbocycles. The molecule has 0 aromatic heterocycles. The van der Waals surface area contributed by atoms with E-state index in [0.717, 1.165) is 19.3 Å². The van der Waals surface area contributed by atoms with Crippen LogP contribution in [0.1, 0.15) is 25.7 Å². The van der Waals surface area contributed by atoms with Crippen molar-refractivity contribution in [1.82, 2.24) is 4.90 Å². The third-order valence-corrected chi connectivity index (χ3v) is 3.26. The van der Waals surface area contributed by atoms with Gasteiger partial charge in [0, 0.05) is 18.5 Å². The van der Waals surface area contributed by atoms with Crippen molar-refractivity contribution in [2.45, 2.75) is 37.9 Å². The minimum Gasteiger partial charge on any atom is -0.339 e. The lowest BCUT2D eigenvalue weighted by Gasteiger charge is -2.19. The average molecular weight is 200 g/mol. The van der Waals surface area contributed by atoms with Crippen LogP contribution >= 0.6 is 0 Å². The SMILES string of the molecule is NC1CCC(C(=O)N2CCC(F)C2)C1. The van der Waals surface area contributed by atoms with Crippen molar-refractivity contribution in [2.24, 2.45) is 11.7 Å². The number of carbonyl (C=O) groups is 1. The third kappa shape index (κ3) is 1.90. The lowest BCUT2D eigenvalue weighted by molar-refractivity contribution is -0.134. The van der Waals surface area contributed by atoms with Gasteiger partial charge in [-0.15, -0.1) is 0 Å². The second-order valence-electron chi connectivity index (χ2n) is 4.44. The summed E-state index contributed by atoms with van der Waals surface area (Å²) < 4.78 is 12.9. The first-order valence-corrected chi connectivity index (χ1v) is 5.35. The fraction of sp³-hybridized carbons (Fsp3) is 0.900. The molecule has 0 aromatic carbocycles. The fourth-order valence-corrected chi connectivity index (χ4v) is 2.42. The van der Waals surface area contributed by atoms with Crippen molar-refractivity contribution in [3.05, 3.63) is 0 Å². The molecule has 1 aliphatic heterocycles. The quantitative estimate of drug-likeness (QED) is 0.676. The van der Waals surface area contributed by atoms with Crippen molar-refractivity contribution in [3.8, 4) is 0 Å². The molecule has 0 spiro atoms. The highest BCUT2D eigenvalue weighted by atomic mass is 19.1. The van der Waals surface area contributed by atoms with E-state index in [2.05, 4.69) is 0 Å². The predicted molar refractivity (Wildman–Crippen MR) is 51.4 cm³/mol. The Morgan fingerprint density at radius 3 is 2.64 bits per heavy atom. The molecule has 1 saturated heterocycles. The van der Waals surface area contributed by atoms with Gasteiger partial charge < -0.3 is 10.6 Å². The second kappa shape index (κ2) is 3.85. The van der Waals surface area contributed by atoms with Gasteiger partial charge in [0.1, 0.15) is 6.17 Å². The fourth-order valence-electron chi connectivity index (χ4n) is 2.42. The molecule has 1 aliphatic carbocycles. The van der Waals surface area contributed by atoms with Crippen LogP contribution in [-0.2, 0) is 4.79 Å². The molecule has 0 radical (unpaired) electrons. The molecule has 1 heterocycles. The summed E-state index contributed by atoms with van der Waals surface area (Å²) in [5.74, 6) is 0.188. The third-order valence-electron chi connectivity index (χ3n) is 3.26. The van der Waals surface area contributed by atoms with Crippen LogP contribution in [0.3, 0.4) is 0 Å². The molecule has 0 aromatic rings. The molecule has 3 nitrogen and oxygen atoms in total. The first-order chi connectivity index (χ1) is 6.66. The molecule has 2 N–H and O–H groups in total. The lowest BCUT2D eigenvalue weighted by Crippen LogP contribution is -2.34. The Balaban J connectivity index is 1.89.